The molecule has 2 saturated carbocycles. The molecule has 0 radical (unpaired) electrons. The smallest absolute Gasteiger partial charge is 0.0953 e. The Labute approximate surface area is 122 Å². The summed E-state index contributed by atoms with van der Waals surface area (Å²) >= 11 is 0. The quantitative estimate of drug-likeness (QED) is 0.854. The van der Waals surface area contributed by atoms with E-state index in [4.69, 9.17) is 0 Å². The first kappa shape index (κ1) is 13.9. The van der Waals surface area contributed by atoms with Crippen LogP contribution in [0.25, 0.3) is 6.08 Å². The Morgan fingerprint density at radius 3 is 2.80 bits per heavy atom. The Balaban J connectivity index is 1.78. The zero-order chi connectivity index (χ0) is 13.8. The minimum atomic E-state index is 0.718. The minimum Gasteiger partial charge on any atom is -0.328 e. The molecule has 1 N–H and O–H groups in total. The maximum Gasteiger partial charge on any atom is 0.0953 e. The van der Waals surface area contributed by atoms with Crippen LogP contribution in [0.15, 0.2) is 18.1 Å². The van der Waals surface area contributed by atoms with Gasteiger partial charge in [-0.1, -0.05) is 31.8 Å². The highest BCUT2D eigenvalue weighted by Gasteiger charge is 2.25. The predicted molar refractivity (Wildman–Crippen MR) is 83.6 cm³/mol. The van der Waals surface area contributed by atoms with E-state index < -0.39 is 0 Å². The number of rotatable bonds is 6. The van der Waals surface area contributed by atoms with Gasteiger partial charge in [-0.25, -0.2) is 4.98 Å². The molecule has 1 aromatic rings. The third-order valence-electron chi connectivity index (χ3n) is 4.68. The van der Waals surface area contributed by atoms with Gasteiger partial charge in [0, 0.05) is 12.6 Å². The van der Waals surface area contributed by atoms with Gasteiger partial charge in [-0.3, -0.25) is 0 Å². The summed E-state index contributed by atoms with van der Waals surface area (Å²) in [6.07, 6.45) is 16.1. The van der Waals surface area contributed by atoms with E-state index >= 15 is 0 Å². The third-order valence-corrected chi connectivity index (χ3v) is 4.68. The molecule has 0 aromatic carbocycles. The summed E-state index contributed by atoms with van der Waals surface area (Å²) in [7, 11) is 0. The molecule has 2 aliphatic carbocycles. The molecule has 1 heterocycles. The molecule has 0 amide bonds. The maximum atomic E-state index is 4.36. The van der Waals surface area contributed by atoms with Gasteiger partial charge < -0.3 is 9.88 Å². The van der Waals surface area contributed by atoms with Crippen LogP contribution in [0.3, 0.4) is 0 Å². The topological polar surface area (TPSA) is 29.9 Å². The van der Waals surface area contributed by atoms with Crippen molar-refractivity contribution >= 4 is 6.08 Å². The van der Waals surface area contributed by atoms with Crippen LogP contribution in [0.2, 0.25) is 0 Å². The normalized spacial score (nSPS) is 21.4. The van der Waals surface area contributed by atoms with Crippen molar-refractivity contribution in [3.8, 4) is 0 Å². The maximum absolute atomic E-state index is 4.36. The van der Waals surface area contributed by atoms with Crippen molar-refractivity contribution in [3.63, 3.8) is 0 Å². The highest BCUT2D eigenvalue weighted by atomic mass is 15.1. The molecule has 0 atom stereocenters. The number of nitrogens with zero attached hydrogens (tertiary/aromatic N) is 2. The Hall–Kier alpha value is -1.09. The van der Waals surface area contributed by atoms with Crippen LogP contribution < -0.4 is 5.32 Å². The number of imidazole rings is 1. The van der Waals surface area contributed by atoms with Crippen LogP contribution in [0.5, 0.6) is 0 Å². The minimum absolute atomic E-state index is 0.718. The van der Waals surface area contributed by atoms with Crippen LogP contribution in [0.1, 0.15) is 63.6 Å². The fourth-order valence-electron chi connectivity index (χ4n) is 3.33. The number of likely N-dealkylation sites (N-methyl/N-ethyl adjacent to an activating group) is 1. The molecule has 20 heavy (non-hydrogen) atoms. The molecule has 0 unspecified atom stereocenters. The average molecular weight is 273 g/mol. The van der Waals surface area contributed by atoms with Crippen molar-refractivity contribution in [1.82, 2.24) is 14.9 Å². The van der Waals surface area contributed by atoms with E-state index in [2.05, 4.69) is 27.9 Å². The second kappa shape index (κ2) is 6.57. The summed E-state index contributed by atoms with van der Waals surface area (Å²) in [6, 6.07) is 0.718. The van der Waals surface area contributed by atoms with Gasteiger partial charge >= 0.3 is 0 Å². The summed E-state index contributed by atoms with van der Waals surface area (Å²) in [5, 5.41) is 3.52. The van der Waals surface area contributed by atoms with Gasteiger partial charge in [-0.15, -0.1) is 0 Å². The van der Waals surface area contributed by atoms with Crippen LogP contribution in [-0.4, -0.2) is 22.6 Å². The number of hydrogen-bond donors (Lipinski definition) is 1. The molecule has 1 aromatic heterocycles. The Bertz CT molecular complexity index is 451. The van der Waals surface area contributed by atoms with Crippen molar-refractivity contribution in [2.75, 3.05) is 13.1 Å². The molecule has 0 saturated heterocycles. The molecule has 110 valence electrons. The summed E-state index contributed by atoms with van der Waals surface area (Å²) in [5.41, 5.74) is 2.90. The molecule has 3 nitrogen and oxygen atoms in total. The van der Waals surface area contributed by atoms with Gasteiger partial charge in [0.15, 0.2) is 0 Å². The predicted octanol–water partition coefficient (Wildman–Crippen LogP) is 3.79. The van der Waals surface area contributed by atoms with Gasteiger partial charge in [-0.2, -0.15) is 0 Å². The fourth-order valence-corrected chi connectivity index (χ4v) is 3.33. The van der Waals surface area contributed by atoms with Crippen molar-refractivity contribution in [3.05, 3.63) is 23.8 Å². The van der Waals surface area contributed by atoms with E-state index in [1.54, 1.807) is 5.57 Å². The third kappa shape index (κ3) is 3.32. The van der Waals surface area contributed by atoms with E-state index in [0.29, 0.717) is 0 Å². The summed E-state index contributed by atoms with van der Waals surface area (Å²) < 4.78 is 2.37. The molecule has 0 bridgehead atoms. The van der Waals surface area contributed by atoms with Crippen LogP contribution in [0, 0.1) is 5.92 Å². The van der Waals surface area contributed by atoms with Crippen molar-refractivity contribution in [2.24, 2.45) is 5.92 Å². The number of nitrogens with one attached hydrogen (secondary N) is 1. The Kier molecular flexibility index (Phi) is 4.56. The van der Waals surface area contributed by atoms with Gasteiger partial charge in [-0.05, 0) is 44.2 Å². The highest BCUT2D eigenvalue weighted by molar-refractivity contribution is 5.50. The first-order valence-corrected chi connectivity index (χ1v) is 8.31. The lowest BCUT2D eigenvalue weighted by molar-refractivity contribution is 0.397. The number of aromatic nitrogens is 2. The first-order valence-electron chi connectivity index (χ1n) is 8.31. The SMILES string of the molecule is CCNCC(=Cc1cncn1C1CC1)C1CCCCC1. The molecule has 3 heteroatoms. The standard InChI is InChI=1S/C17H27N3/c1-2-18-11-15(14-6-4-3-5-7-14)10-17-12-19-13-20(17)16-8-9-16/h10,12-14,16,18H,2-9,11H2,1H3. The van der Waals surface area contributed by atoms with E-state index in [-0.39, 0.29) is 0 Å². The lowest BCUT2D eigenvalue weighted by Crippen LogP contribution is -2.22. The van der Waals surface area contributed by atoms with E-state index in [1.165, 1.54) is 50.6 Å². The van der Waals surface area contributed by atoms with Gasteiger partial charge in [0.2, 0.25) is 0 Å². The molecular formula is C17H27N3. The van der Waals surface area contributed by atoms with Gasteiger partial charge in [0.05, 0.1) is 18.2 Å². The second-order valence-electron chi connectivity index (χ2n) is 6.29. The van der Waals surface area contributed by atoms with Crippen LogP contribution >= 0.6 is 0 Å². The average Bonchev–Trinajstić information content (AvgIpc) is 3.24. The molecule has 0 spiro atoms. The molecule has 2 aliphatic rings. The fraction of sp³-hybridized carbons (Fsp3) is 0.706. The second-order valence-corrected chi connectivity index (χ2v) is 6.29. The van der Waals surface area contributed by atoms with E-state index in [9.17, 15) is 0 Å². The lowest BCUT2D eigenvalue weighted by Gasteiger charge is -2.25. The monoisotopic (exact) mass is 273 g/mol. The molecule has 0 aliphatic heterocycles. The Morgan fingerprint density at radius 1 is 1.30 bits per heavy atom. The molecule has 2 fully saturated rings. The largest absolute Gasteiger partial charge is 0.328 e. The van der Waals surface area contributed by atoms with E-state index in [0.717, 1.165) is 25.0 Å². The molecular weight excluding hydrogens is 246 g/mol. The Morgan fingerprint density at radius 2 is 2.10 bits per heavy atom. The first-order chi connectivity index (χ1) is 9.88. The van der Waals surface area contributed by atoms with Crippen LogP contribution in [0.4, 0.5) is 0 Å². The highest BCUT2D eigenvalue weighted by Crippen LogP contribution is 2.37. The van der Waals surface area contributed by atoms with Crippen LogP contribution in [-0.2, 0) is 0 Å². The lowest BCUT2D eigenvalue weighted by atomic mass is 9.83. The summed E-state index contributed by atoms with van der Waals surface area (Å²) in [6.45, 7) is 4.27. The van der Waals surface area contributed by atoms with Gasteiger partial charge in [0.25, 0.3) is 0 Å². The van der Waals surface area contributed by atoms with Crippen molar-refractivity contribution in [2.45, 2.75) is 57.9 Å². The van der Waals surface area contributed by atoms with E-state index in [1.807, 2.05) is 12.5 Å². The zero-order valence-corrected chi connectivity index (χ0v) is 12.6. The summed E-state index contributed by atoms with van der Waals surface area (Å²) in [4.78, 5) is 4.36. The summed E-state index contributed by atoms with van der Waals surface area (Å²) in [5.74, 6) is 0.783. The molecule has 3 rings (SSSR count). The van der Waals surface area contributed by atoms with Gasteiger partial charge in [0.1, 0.15) is 0 Å². The zero-order valence-electron chi connectivity index (χ0n) is 12.6. The van der Waals surface area contributed by atoms with Crippen molar-refractivity contribution < 1.29 is 0 Å². The number of hydrogen-bond acceptors (Lipinski definition) is 2. The van der Waals surface area contributed by atoms with Crippen molar-refractivity contribution in [1.29, 1.82) is 0 Å².